The first-order chi connectivity index (χ1) is 13.8. The van der Waals surface area contributed by atoms with Gasteiger partial charge in [-0.05, 0) is 41.7 Å². The topological polar surface area (TPSA) is 32.3 Å². The number of carbonyl (C=O) groups excluding carboxylic acids is 1. The van der Waals surface area contributed by atoms with Crippen molar-refractivity contribution in [3.8, 4) is 11.1 Å². The lowest BCUT2D eigenvalue weighted by molar-refractivity contribution is 0.0909. The maximum atomic E-state index is 12.7. The van der Waals surface area contributed by atoms with Gasteiger partial charge in [-0.3, -0.25) is 9.69 Å². The third kappa shape index (κ3) is 4.68. The molecule has 0 aliphatic carbocycles. The van der Waals surface area contributed by atoms with Crippen molar-refractivity contribution in [1.82, 2.24) is 10.2 Å². The summed E-state index contributed by atoms with van der Waals surface area (Å²) < 4.78 is 0. The largest absolute Gasteiger partial charge is 0.349 e. The zero-order valence-corrected chi connectivity index (χ0v) is 16.1. The van der Waals surface area contributed by atoms with Gasteiger partial charge in [0, 0.05) is 31.2 Å². The van der Waals surface area contributed by atoms with Gasteiger partial charge in [0.25, 0.3) is 5.91 Å². The summed E-state index contributed by atoms with van der Waals surface area (Å²) in [4.78, 5) is 15.2. The molecule has 3 aromatic rings. The zero-order valence-electron chi connectivity index (χ0n) is 16.1. The predicted octanol–water partition coefficient (Wildman–Crippen LogP) is 4.75. The third-order valence-electron chi connectivity index (χ3n) is 5.40. The molecule has 142 valence electrons. The maximum absolute atomic E-state index is 12.7. The molecular formula is C25H26N2O. The van der Waals surface area contributed by atoms with Gasteiger partial charge in [0.15, 0.2) is 0 Å². The minimum atomic E-state index is 0.0271. The highest BCUT2D eigenvalue weighted by molar-refractivity contribution is 5.95. The number of nitrogens with one attached hydrogen (secondary N) is 1. The molecule has 0 aromatic heterocycles. The van der Waals surface area contributed by atoms with Crippen LogP contribution in [0.15, 0.2) is 84.9 Å². The molecule has 0 bridgehead atoms. The Kier molecular flexibility index (Phi) is 5.83. The molecule has 28 heavy (non-hydrogen) atoms. The Morgan fingerprint density at radius 2 is 1.46 bits per heavy atom. The van der Waals surface area contributed by atoms with Crippen LogP contribution in [0.3, 0.4) is 0 Å². The van der Waals surface area contributed by atoms with E-state index in [1.54, 1.807) is 0 Å². The molecule has 0 atom stereocenters. The van der Waals surface area contributed by atoms with Gasteiger partial charge in [-0.25, -0.2) is 0 Å². The van der Waals surface area contributed by atoms with Crippen LogP contribution < -0.4 is 5.32 Å². The first kappa shape index (κ1) is 18.5. The Morgan fingerprint density at radius 3 is 2.18 bits per heavy atom. The number of amides is 1. The Balaban J connectivity index is 1.32. The lowest BCUT2D eigenvalue weighted by Gasteiger charge is -2.32. The predicted molar refractivity (Wildman–Crippen MR) is 114 cm³/mol. The highest BCUT2D eigenvalue weighted by Crippen LogP contribution is 2.20. The summed E-state index contributed by atoms with van der Waals surface area (Å²) in [6.07, 6.45) is 1.99. The summed E-state index contributed by atoms with van der Waals surface area (Å²) >= 11 is 0. The maximum Gasteiger partial charge on any atom is 0.251 e. The van der Waals surface area contributed by atoms with E-state index in [-0.39, 0.29) is 11.9 Å². The summed E-state index contributed by atoms with van der Waals surface area (Å²) in [7, 11) is 0. The molecule has 1 heterocycles. The average Bonchev–Trinajstić information content (AvgIpc) is 2.76. The van der Waals surface area contributed by atoms with Gasteiger partial charge >= 0.3 is 0 Å². The lowest BCUT2D eigenvalue weighted by atomic mass is 10.0. The van der Waals surface area contributed by atoms with E-state index < -0.39 is 0 Å². The molecule has 1 amide bonds. The molecular weight excluding hydrogens is 344 g/mol. The van der Waals surface area contributed by atoms with Gasteiger partial charge in [-0.2, -0.15) is 0 Å². The average molecular weight is 370 g/mol. The first-order valence-corrected chi connectivity index (χ1v) is 10.0. The van der Waals surface area contributed by atoms with E-state index >= 15 is 0 Å². The molecule has 4 rings (SSSR count). The second kappa shape index (κ2) is 8.85. The molecule has 0 spiro atoms. The molecule has 1 saturated heterocycles. The summed E-state index contributed by atoms with van der Waals surface area (Å²) in [6, 6.07) is 28.9. The van der Waals surface area contributed by atoms with Crippen LogP contribution in [0.5, 0.6) is 0 Å². The van der Waals surface area contributed by atoms with E-state index in [1.165, 1.54) is 5.56 Å². The molecule has 0 saturated carbocycles. The fraction of sp³-hybridized carbons (Fsp3) is 0.240. The molecule has 1 fully saturated rings. The quantitative estimate of drug-likeness (QED) is 0.703. The van der Waals surface area contributed by atoms with Crippen LogP contribution >= 0.6 is 0 Å². The monoisotopic (exact) mass is 370 g/mol. The Morgan fingerprint density at radius 1 is 0.821 bits per heavy atom. The van der Waals surface area contributed by atoms with Crippen molar-refractivity contribution in [3.63, 3.8) is 0 Å². The Labute approximate surface area is 167 Å². The summed E-state index contributed by atoms with van der Waals surface area (Å²) in [5.41, 5.74) is 4.29. The molecule has 3 aromatic carbocycles. The second-order valence-corrected chi connectivity index (χ2v) is 7.46. The van der Waals surface area contributed by atoms with Crippen LogP contribution in [0.25, 0.3) is 11.1 Å². The van der Waals surface area contributed by atoms with Crippen LogP contribution in [0.2, 0.25) is 0 Å². The number of benzene rings is 3. The fourth-order valence-corrected chi connectivity index (χ4v) is 3.82. The zero-order chi connectivity index (χ0) is 19.2. The number of hydrogen-bond donors (Lipinski definition) is 1. The second-order valence-electron chi connectivity index (χ2n) is 7.46. The smallest absolute Gasteiger partial charge is 0.251 e. The van der Waals surface area contributed by atoms with Gasteiger partial charge in [-0.1, -0.05) is 72.8 Å². The van der Waals surface area contributed by atoms with Crippen LogP contribution in [0, 0.1) is 0 Å². The van der Waals surface area contributed by atoms with Crippen molar-refractivity contribution < 1.29 is 4.79 Å². The van der Waals surface area contributed by atoms with Crippen LogP contribution in [0.1, 0.15) is 28.8 Å². The summed E-state index contributed by atoms with van der Waals surface area (Å²) in [5.74, 6) is 0.0271. The Hall–Kier alpha value is -2.91. The first-order valence-electron chi connectivity index (χ1n) is 10.0. The van der Waals surface area contributed by atoms with Crippen molar-refractivity contribution >= 4 is 5.91 Å². The third-order valence-corrected chi connectivity index (χ3v) is 5.40. The van der Waals surface area contributed by atoms with Crippen molar-refractivity contribution in [3.05, 3.63) is 96.1 Å². The van der Waals surface area contributed by atoms with Crippen molar-refractivity contribution in [1.29, 1.82) is 0 Å². The van der Waals surface area contributed by atoms with E-state index in [2.05, 4.69) is 52.7 Å². The number of rotatable bonds is 5. The highest BCUT2D eigenvalue weighted by atomic mass is 16.1. The normalized spacial score (nSPS) is 15.3. The minimum absolute atomic E-state index is 0.0271. The van der Waals surface area contributed by atoms with Crippen LogP contribution in [0.4, 0.5) is 0 Å². The standard InChI is InChI=1S/C25H26N2O/c28-25(23-13-7-12-22(18-23)21-10-5-2-6-11-21)26-24-14-16-27(17-15-24)19-20-8-3-1-4-9-20/h1-13,18,24H,14-17,19H2,(H,26,28). The Bertz CT molecular complexity index is 900. The number of nitrogens with zero attached hydrogens (tertiary/aromatic N) is 1. The van der Waals surface area contributed by atoms with Gasteiger partial charge in [0.05, 0.1) is 0 Å². The number of piperidine rings is 1. The van der Waals surface area contributed by atoms with E-state index in [1.807, 2.05) is 42.5 Å². The fourth-order valence-electron chi connectivity index (χ4n) is 3.82. The van der Waals surface area contributed by atoms with Crippen molar-refractivity contribution in [2.45, 2.75) is 25.4 Å². The van der Waals surface area contributed by atoms with E-state index in [4.69, 9.17) is 0 Å². The molecule has 1 aliphatic heterocycles. The highest BCUT2D eigenvalue weighted by Gasteiger charge is 2.21. The van der Waals surface area contributed by atoms with Crippen molar-refractivity contribution in [2.75, 3.05) is 13.1 Å². The number of hydrogen-bond acceptors (Lipinski definition) is 2. The van der Waals surface area contributed by atoms with Crippen LogP contribution in [-0.4, -0.2) is 29.9 Å². The van der Waals surface area contributed by atoms with Gasteiger partial charge in [0.1, 0.15) is 0 Å². The molecule has 1 N–H and O–H groups in total. The summed E-state index contributed by atoms with van der Waals surface area (Å²) in [6.45, 7) is 3.02. The number of likely N-dealkylation sites (tertiary alicyclic amines) is 1. The molecule has 3 heteroatoms. The van der Waals surface area contributed by atoms with Crippen molar-refractivity contribution in [2.24, 2.45) is 0 Å². The molecule has 1 aliphatic rings. The molecule has 0 radical (unpaired) electrons. The van der Waals surface area contributed by atoms with E-state index in [9.17, 15) is 4.79 Å². The molecule has 0 unspecified atom stereocenters. The minimum Gasteiger partial charge on any atom is -0.349 e. The van der Waals surface area contributed by atoms with Gasteiger partial charge in [0.2, 0.25) is 0 Å². The van der Waals surface area contributed by atoms with Crippen LogP contribution in [-0.2, 0) is 6.54 Å². The SMILES string of the molecule is O=C(NC1CCN(Cc2ccccc2)CC1)c1cccc(-c2ccccc2)c1. The molecule has 3 nitrogen and oxygen atoms in total. The van der Waals surface area contributed by atoms with E-state index in [0.717, 1.165) is 49.2 Å². The summed E-state index contributed by atoms with van der Waals surface area (Å²) in [5, 5.41) is 3.23. The van der Waals surface area contributed by atoms with E-state index in [0.29, 0.717) is 0 Å². The number of carbonyl (C=O) groups is 1. The van der Waals surface area contributed by atoms with Gasteiger partial charge in [-0.15, -0.1) is 0 Å². The lowest BCUT2D eigenvalue weighted by Crippen LogP contribution is -2.44. The van der Waals surface area contributed by atoms with Gasteiger partial charge < -0.3 is 5.32 Å².